The van der Waals surface area contributed by atoms with Gasteiger partial charge in [0.05, 0.1) is 18.5 Å². The third-order valence-corrected chi connectivity index (χ3v) is 3.92. The first-order chi connectivity index (χ1) is 9.70. The largest absolute Gasteiger partial charge is 0.461 e. The Bertz CT molecular complexity index is 756. The summed E-state index contributed by atoms with van der Waals surface area (Å²) >= 11 is 1.44. The molecule has 0 aliphatic rings. The van der Waals surface area contributed by atoms with Crippen LogP contribution in [0.15, 0.2) is 35.8 Å². The van der Waals surface area contributed by atoms with Crippen molar-refractivity contribution in [1.29, 1.82) is 0 Å². The molecule has 0 amide bonds. The molecule has 0 aliphatic carbocycles. The second-order valence-corrected chi connectivity index (χ2v) is 5.31. The molecule has 1 aromatic carbocycles. The van der Waals surface area contributed by atoms with Crippen molar-refractivity contribution >= 4 is 22.3 Å². The average Bonchev–Trinajstić information content (AvgIpc) is 3.01. The van der Waals surface area contributed by atoms with Crippen LogP contribution in [0.5, 0.6) is 0 Å². The topological polar surface area (TPSA) is 43.6 Å². The number of hydrogen-bond donors (Lipinski definition) is 0. The van der Waals surface area contributed by atoms with Crippen molar-refractivity contribution in [2.45, 2.75) is 13.8 Å². The fourth-order valence-electron chi connectivity index (χ4n) is 2.08. The molecule has 2 heterocycles. The Hall–Kier alpha value is -2.14. The van der Waals surface area contributed by atoms with E-state index in [9.17, 15) is 4.79 Å². The van der Waals surface area contributed by atoms with Crippen LogP contribution in [0.25, 0.3) is 16.2 Å². The summed E-state index contributed by atoms with van der Waals surface area (Å²) in [4.78, 5) is 17.1. The van der Waals surface area contributed by atoms with Crippen LogP contribution < -0.4 is 0 Å². The molecule has 0 aliphatic heterocycles. The maximum Gasteiger partial charge on any atom is 0.356 e. The van der Waals surface area contributed by atoms with Crippen molar-refractivity contribution in [1.82, 2.24) is 9.38 Å². The monoisotopic (exact) mass is 286 g/mol. The van der Waals surface area contributed by atoms with Gasteiger partial charge in [-0.2, -0.15) is 0 Å². The molecule has 3 rings (SSSR count). The molecule has 20 heavy (non-hydrogen) atoms. The fourth-order valence-corrected chi connectivity index (χ4v) is 2.92. The number of hydrogen-bond acceptors (Lipinski definition) is 4. The van der Waals surface area contributed by atoms with E-state index in [0.717, 1.165) is 16.2 Å². The Morgan fingerprint density at radius 1 is 1.35 bits per heavy atom. The summed E-state index contributed by atoms with van der Waals surface area (Å²) in [5.41, 5.74) is 3.67. The van der Waals surface area contributed by atoms with Crippen LogP contribution in [0.4, 0.5) is 0 Å². The van der Waals surface area contributed by atoms with Gasteiger partial charge in [0.25, 0.3) is 0 Å². The summed E-state index contributed by atoms with van der Waals surface area (Å²) in [5.74, 6) is -0.315. The van der Waals surface area contributed by atoms with E-state index in [2.05, 4.69) is 4.98 Å². The highest BCUT2D eigenvalue weighted by atomic mass is 32.1. The molecule has 0 spiro atoms. The maximum atomic E-state index is 12.0. The van der Waals surface area contributed by atoms with Crippen LogP contribution in [0.2, 0.25) is 0 Å². The lowest BCUT2D eigenvalue weighted by atomic mass is 10.1. The number of rotatable bonds is 3. The third kappa shape index (κ3) is 2.10. The first-order valence-electron chi connectivity index (χ1n) is 6.40. The van der Waals surface area contributed by atoms with Crippen molar-refractivity contribution in [3.8, 4) is 11.3 Å². The molecule has 0 N–H and O–H groups in total. The van der Waals surface area contributed by atoms with E-state index in [4.69, 9.17) is 4.74 Å². The number of ether oxygens (including phenoxy) is 1. The lowest BCUT2D eigenvalue weighted by Gasteiger charge is -2.04. The molecule has 3 aromatic rings. The highest BCUT2D eigenvalue weighted by Crippen LogP contribution is 2.26. The molecule has 5 heteroatoms. The van der Waals surface area contributed by atoms with E-state index in [1.807, 2.05) is 35.6 Å². The van der Waals surface area contributed by atoms with Crippen molar-refractivity contribution in [3.05, 3.63) is 47.1 Å². The number of fused-ring (bicyclic) bond motifs is 1. The molecule has 2 aromatic heterocycles. The Balaban J connectivity index is 2.14. The zero-order valence-electron chi connectivity index (χ0n) is 11.3. The minimum absolute atomic E-state index is 0.315. The fraction of sp³-hybridized carbons (Fsp3) is 0.200. The molecule has 4 nitrogen and oxygen atoms in total. The molecule has 0 saturated heterocycles. The van der Waals surface area contributed by atoms with Crippen LogP contribution in [0.3, 0.4) is 0 Å². The molecule has 0 saturated carbocycles. The van der Waals surface area contributed by atoms with Gasteiger partial charge < -0.3 is 4.74 Å². The summed E-state index contributed by atoms with van der Waals surface area (Å²) in [5, 5.41) is 1.79. The predicted octanol–water partition coefficient (Wildman–Crippen LogP) is 3.55. The van der Waals surface area contributed by atoms with Gasteiger partial charge in [-0.3, -0.25) is 4.40 Å². The standard InChI is InChI=1S/C15H14N2O2S/c1-3-19-14(18)13-9-20-15-16-8-12(17(13)15)11-6-4-10(2)5-7-11/h4-9H,3H2,1-2H3. The lowest BCUT2D eigenvalue weighted by molar-refractivity contribution is 0.0519. The first-order valence-corrected chi connectivity index (χ1v) is 7.27. The quantitative estimate of drug-likeness (QED) is 0.692. The number of aryl methyl sites for hydroxylation is 1. The normalized spacial score (nSPS) is 10.9. The van der Waals surface area contributed by atoms with Gasteiger partial charge in [-0.25, -0.2) is 9.78 Å². The van der Waals surface area contributed by atoms with Crippen molar-refractivity contribution in [2.75, 3.05) is 6.61 Å². The third-order valence-electron chi connectivity index (χ3n) is 3.08. The van der Waals surface area contributed by atoms with Gasteiger partial charge in [-0.1, -0.05) is 29.8 Å². The molecule has 0 unspecified atom stereocenters. The minimum atomic E-state index is -0.315. The summed E-state index contributed by atoms with van der Waals surface area (Å²) in [6.45, 7) is 4.21. The predicted molar refractivity (Wildman–Crippen MR) is 79.2 cm³/mol. The summed E-state index contributed by atoms with van der Waals surface area (Å²) in [7, 11) is 0. The van der Waals surface area contributed by atoms with E-state index in [-0.39, 0.29) is 5.97 Å². The number of carbonyl (C=O) groups is 1. The van der Waals surface area contributed by atoms with Gasteiger partial charge in [0.15, 0.2) is 4.96 Å². The molecular weight excluding hydrogens is 272 g/mol. The number of carbonyl (C=O) groups excluding carboxylic acids is 1. The molecule has 0 atom stereocenters. The van der Waals surface area contributed by atoms with Gasteiger partial charge in [0.2, 0.25) is 0 Å². The summed E-state index contributed by atoms with van der Waals surface area (Å²) in [6, 6.07) is 8.16. The smallest absolute Gasteiger partial charge is 0.356 e. The van der Waals surface area contributed by atoms with Crippen LogP contribution in [0.1, 0.15) is 23.0 Å². The summed E-state index contributed by atoms with van der Waals surface area (Å²) < 4.78 is 6.95. The van der Waals surface area contributed by atoms with E-state index in [0.29, 0.717) is 12.3 Å². The maximum absolute atomic E-state index is 12.0. The number of nitrogens with zero attached hydrogens (tertiary/aromatic N) is 2. The van der Waals surface area contributed by atoms with Crippen LogP contribution in [-0.4, -0.2) is 22.0 Å². The van der Waals surface area contributed by atoms with Gasteiger partial charge >= 0.3 is 5.97 Å². The van der Waals surface area contributed by atoms with Gasteiger partial charge in [0, 0.05) is 10.9 Å². The van der Waals surface area contributed by atoms with E-state index < -0.39 is 0 Å². The van der Waals surface area contributed by atoms with Crippen molar-refractivity contribution in [3.63, 3.8) is 0 Å². The highest BCUT2D eigenvalue weighted by Gasteiger charge is 2.17. The highest BCUT2D eigenvalue weighted by molar-refractivity contribution is 7.15. The van der Waals surface area contributed by atoms with Gasteiger partial charge in [0.1, 0.15) is 5.69 Å². The molecule has 0 bridgehead atoms. The Morgan fingerprint density at radius 3 is 2.80 bits per heavy atom. The van der Waals surface area contributed by atoms with Crippen LogP contribution in [-0.2, 0) is 4.74 Å². The van der Waals surface area contributed by atoms with Crippen LogP contribution >= 0.6 is 11.3 Å². The zero-order chi connectivity index (χ0) is 14.1. The van der Waals surface area contributed by atoms with E-state index in [1.165, 1.54) is 16.9 Å². The lowest BCUT2D eigenvalue weighted by Crippen LogP contribution is -2.08. The average molecular weight is 286 g/mol. The number of benzene rings is 1. The second kappa shape index (κ2) is 5.09. The summed E-state index contributed by atoms with van der Waals surface area (Å²) in [6.07, 6.45) is 1.79. The Labute approximate surface area is 120 Å². The molecular formula is C15H14N2O2S. The minimum Gasteiger partial charge on any atom is -0.461 e. The van der Waals surface area contributed by atoms with Crippen molar-refractivity contribution in [2.24, 2.45) is 0 Å². The molecule has 102 valence electrons. The molecule has 0 radical (unpaired) electrons. The van der Waals surface area contributed by atoms with Gasteiger partial charge in [-0.05, 0) is 13.8 Å². The van der Waals surface area contributed by atoms with Crippen molar-refractivity contribution < 1.29 is 9.53 Å². The number of imidazole rings is 1. The number of esters is 1. The number of aromatic nitrogens is 2. The van der Waals surface area contributed by atoms with Gasteiger partial charge in [-0.15, -0.1) is 11.3 Å². The first kappa shape index (κ1) is 12.9. The zero-order valence-corrected chi connectivity index (χ0v) is 12.1. The number of thiazole rings is 1. The molecule has 0 fully saturated rings. The second-order valence-electron chi connectivity index (χ2n) is 4.47. The SMILES string of the molecule is CCOC(=O)c1csc2ncc(-c3ccc(C)cc3)n12. The van der Waals surface area contributed by atoms with Crippen LogP contribution in [0, 0.1) is 6.92 Å². The Kier molecular flexibility index (Phi) is 3.28. The Morgan fingerprint density at radius 2 is 2.10 bits per heavy atom. The van der Waals surface area contributed by atoms with E-state index >= 15 is 0 Å². The van der Waals surface area contributed by atoms with E-state index in [1.54, 1.807) is 18.5 Å².